The number of hydrogen-bond donors (Lipinski definition) is 3. The first-order valence-corrected chi connectivity index (χ1v) is 3.78. The van der Waals surface area contributed by atoms with Crippen LogP contribution in [0, 0.1) is 6.92 Å². The van der Waals surface area contributed by atoms with E-state index in [1.54, 1.807) is 6.07 Å². The first-order valence-electron chi connectivity index (χ1n) is 3.78. The molecule has 0 radical (unpaired) electrons. The molecule has 0 saturated heterocycles. The Morgan fingerprint density at radius 2 is 2.08 bits per heavy atom. The smallest absolute Gasteiger partial charge is 0.204 e. The number of aromatic hydroxyl groups is 1. The number of nitrogens with two attached hydrogens (primary N) is 1. The van der Waals surface area contributed by atoms with Crippen LogP contribution in [0.3, 0.4) is 0 Å². The van der Waals surface area contributed by atoms with Gasteiger partial charge in [-0.25, -0.2) is 0 Å². The van der Waals surface area contributed by atoms with Gasteiger partial charge in [-0.3, -0.25) is 4.79 Å². The monoisotopic (exact) mass is 182 g/mol. The van der Waals surface area contributed by atoms with Gasteiger partial charge in [0, 0.05) is 18.8 Å². The van der Waals surface area contributed by atoms with E-state index in [0.29, 0.717) is 5.75 Å². The fourth-order valence-corrected chi connectivity index (χ4v) is 0.765. The lowest BCUT2D eigenvalue weighted by molar-refractivity contribution is -0.106. The Morgan fingerprint density at radius 3 is 2.46 bits per heavy atom. The number of hydrogen-bond acceptors (Lipinski definition) is 3. The van der Waals surface area contributed by atoms with Crippen molar-refractivity contribution in [3.05, 3.63) is 23.8 Å². The highest BCUT2D eigenvalue weighted by Crippen LogP contribution is 2.19. The third-order valence-electron chi connectivity index (χ3n) is 1.50. The zero-order valence-electron chi connectivity index (χ0n) is 7.74. The molecule has 1 amide bonds. The van der Waals surface area contributed by atoms with Crippen molar-refractivity contribution in [3.8, 4) is 5.75 Å². The lowest BCUT2D eigenvalue weighted by Crippen LogP contribution is -1.86. The summed E-state index contributed by atoms with van der Waals surface area (Å²) in [5, 5.41) is 12.1. The fourth-order valence-electron chi connectivity index (χ4n) is 0.765. The number of nitrogens with one attached hydrogen (secondary N) is 1. The average Bonchev–Trinajstić information content (AvgIpc) is 2.11. The molecule has 0 spiro atoms. The largest absolute Gasteiger partial charge is 0.508 e. The number of aryl methyl sites for hydroxylation is 1. The van der Waals surface area contributed by atoms with Crippen LogP contribution in [-0.4, -0.2) is 18.6 Å². The van der Waals surface area contributed by atoms with Gasteiger partial charge >= 0.3 is 0 Å². The molecule has 4 heteroatoms. The van der Waals surface area contributed by atoms with E-state index >= 15 is 0 Å². The Morgan fingerprint density at radius 1 is 1.54 bits per heavy atom. The normalized spacial score (nSPS) is 8.15. The zero-order chi connectivity index (χ0) is 10.3. The summed E-state index contributed by atoms with van der Waals surface area (Å²) >= 11 is 0. The summed E-state index contributed by atoms with van der Waals surface area (Å²) in [5.41, 5.74) is 6.00. The molecular weight excluding hydrogens is 168 g/mol. The molecule has 0 atom stereocenters. The second kappa shape index (κ2) is 5.88. The number of benzene rings is 1. The van der Waals surface area contributed by atoms with E-state index in [1.165, 1.54) is 0 Å². The SMILES string of the molecule is CNc1ccc(C)c(O)c1.NC=O. The molecule has 0 aliphatic carbocycles. The molecule has 0 heterocycles. The summed E-state index contributed by atoms with van der Waals surface area (Å²) in [6, 6.07) is 5.51. The Kier molecular flexibility index (Phi) is 5.11. The molecule has 0 aliphatic rings. The third-order valence-corrected chi connectivity index (χ3v) is 1.50. The minimum Gasteiger partial charge on any atom is -0.508 e. The first kappa shape index (κ1) is 11.3. The molecule has 72 valence electrons. The number of amides is 1. The summed E-state index contributed by atoms with van der Waals surface area (Å²) in [6.07, 6.45) is 0.250. The zero-order valence-corrected chi connectivity index (χ0v) is 7.74. The minimum atomic E-state index is 0.250. The van der Waals surface area contributed by atoms with Crippen molar-refractivity contribution in [1.29, 1.82) is 0 Å². The summed E-state index contributed by atoms with van der Waals surface area (Å²) in [5.74, 6) is 0.340. The van der Waals surface area contributed by atoms with Crippen molar-refractivity contribution in [2.75, 3.05) is 12.4 Å². The molecule has 0 unspecified atom stereocenters. The molecule has 1 aromatic carbocycles. The second-order valence-corrected chi connectivity index (χ2v) is 2.39. The molecule has 0 aromatic heterocycles. The minimum absolute atomic E-state index is 0.250. The summed E-state index contributed by atoms with van der Waals surface area (Å²) in [4.78, 5) is 8.58. The number of phenols is 1. The van der Waals surface area contributed by atoms with Crippen molar-refractivity contribution in [3.63, 3.8) is 0 Å². The van der Waals surface area contributed by atoms with E-state index in [-0.39, 0.29) is 6.41 Å². The van der Waals surface area contributed by atoms with Crippen LogP contribution in [0.15, 0.2) is 18.2 Å². The maximum Gasteiger partial charge on any atom is 0.204 e. The lowest BCUT2D eigenvalue weighted by atomic mass is 10.2. The number of anilines is 1. The number of carbonyl (C=O) groups excluding carboxylic acids is 1. The molecule has 4 N–H and O–H groups in total. The molecular formula is C9H14N2O2. The first-order chi connectivity index (χ1) is 6.15. The van der Waals surface area contributed by atoms with Gasteiger partial charge in [-0.15, -0.1) is 0 Å². The Labute approximate surface area is 77.4 Å². The summed E-state index contributed by atoms with van der Waals surface area (Å²) in [6.45, 7) is 1.87. The van der Waals surface area contributed by atoms with E-state index in [1.807, 2.05) is 26.1 Å². The average molecular weight is 182 g/mol. The van der Waals surface area contributed by atoms with Gasteiger partial charge in [-0.2, -0.15) is 0 Å². The molecule has 0 fully saturated rings. The van der Waals surface area contributed by atoms with E-state index in [0.717, 1.165) is 11.3 Å². The van der Waals surface area contributed by atoms with Crippen LogP contribution >= 0.6 is 0 Å². The van der Waals surface area contributed by atoms with Crippen molar-refractivity contribution in [2.24, 2.45) is 5.73 Å². The molecule has 0 aliphatic heterocycles. The van der Waals surface area contributed by atoms with Gasteiger partial charge < -0.3 is 16.2 Å². The van der Waals surface area contributed by atoms with Crippen molar-refractivity contribution >= 4 is 12.1 Å². The molecule has 0 bridgehead atoms. The highest BCUT2D eigenvalue weighted by molar-refractivity contribution is 5.50. The van der Waals surface area contributed by atoms with Gasteiger partial charge in [-0.05, 0) is 18.6 Å². The van der Waals surface area contributed by atoms with Crippen LogP contribution in [0.2, 0.25) is 0 Å². The topological polar surface area (TPSA) is 75.3 Å². The van der Waals surface area contributed by atoms with Crippen molar-refractivity contribution in [2.45, 2.75) is 6.92 Å². The number of phenolic OH excluding ortho intramolecular Hbond substituents is 1. The summed E-state index contributed by atoms with van der Waals surface area (Å²) < 4.78 is 0. The van der Waals surface area contributed by atoms with Gasteiger partial charge in [0.15, 0.2) is 0 Å². The van der Waals surface area contributed by atoms with E-state index in [4.69, 9.17) is 4.79 Å². The number of primary amides is 1. The van der Waals surface area contributed by atoms with Gasteiger partial charge in [0.05, 0.1) is 0 Å². The maximum atomic E-state index is 9.19. The standard InChI is InChI=1S/C8H11NO.CH3NO/c1-6-3-4-7(9-2)5-8(6)10;2-1-3/h3-5,9-10H,1-2H3;1H,(H2,2,3). The van der Waals surface area contributed by atoms with Gasteiger partial charge in [0.1, 0.15) is 5.75 Å². The highest BCUT2D eigenvalue weighted by atomic mass is 16.3. The third kappa shape index (κ3) is 4.00. The molecule has 4 nitrogen and oxygen atoms in total. The van der Waals surface area contributed by atoms with Gasteiger partial charge in [-0.1, -0.05) is 6.07 Å². The predicted molar refractivity (Wildman–Crippen MR) is 52.6 cm³/mol. The Bertz CT molecular complexity index is 274. The predicted octanol–water partition coefficient (Wildman–Crippen LogP) is 0.844. The summed E-state index contributed by atoms with van der Waals surface area (Å²) in [7, 11) is 1.82. The van der Waals surface area contributed by atoms with Crippen molar-refractivity contribution < 1.29 is 9.90 Å². The quantitative estimate of drug-likeness (QED) is 0.563. The molecule has 0 saturated carbocycles. The van der Waals surface area contributed by atoms with Crippen LogP contribution in [0.4, 0.5) is 5.69 Å². The van der Waals surface area contributed by atoms with Crippen LogP contribution in [0.25, 0.3) is 0 Å². The maximum absolute atomic E-state index is 9.19. The molecule has 1 rings (SSSR count). The molecule has 1 aromatic rings. The molecule has 13 heavy (non-hydrogen) atoms. The van der Waals surface area contributed by atoms with Crippen molar-refractivity contribution in [1.82, 2.24) is 0 Å². The lowest BCUT2D eigenvalue weighted by Gasteiger charge is -2.01. The van der Waals surface area contributed by atoms with E-state index in [2.05, 4.69) is 11.1 Å². The van der Waals surface area contributed by atoms with Gasteiger partial charge in [0.25, 0.3) is 0 Å². The van der Waals surface area contributed by atoms with Crippen LogP contribution in [0.1, 0.15) is 5.56 Å². The van der Waals surface area contributed by atoms with Crippen LogP contribution in [0.5, 0.6) is 5.75 Å². The number of carbonyl (C=O) groups is 1. The van der Waals surface area contributed by atoms with E-state index in [9.17, 15) is 5.11 Å². The van der Waals surface area contributed by atoms with Crippen LogP contribution < -0.4 is 11.1 Å². The van der Waals surface area contributed by atoms with Crippen LogP contribution in [-0.2, 0) is 4.79 Å². The Hall–Kier alpha value is -1.71. The Balaban J connectivity index is 0.000000424. The number of rotatable bonds is 1. The van der Waals surface area contributed by atoms with E-state index < -0.39 is 0 Å². The van der Waals surface area contributed by atoms with Gasteiger partial charge in [0.2, 0.25) is 6.41 Å². The highest BCUT2D eigenvalue weighted by Gasteiger charge is 1.94. The fraction of sp³-hybridized carbons (Fsp3) is 0.222. The second-order valence-electron chi connectivity index (χ2n) is 2.39.